The van der Waals surface area contributed by atoms with Crippen LogP contribution in [0.4, 0.5) is 4.79 Å². The topological polar surface area (TPSA) is 90.3 Å². The van der Waals surface area contributed by atoms with E-state index in [2.05, 4.69) is 10.3 Å². The second kappa shape index (κ2) is 6.25. The maximum Gasteiger partial charge on any atom is 0.407 e. The van der Waals surface area contributed by atoms with Crippen LogP contribution in [0.15, 0.2) is 12.5 Å². The summed E-state index contributed by atoms with van der Waals surface area (Å²) < 4.78 is 29.1. The maximum atomic E-state index is 11.5. The minimum atomic E-state index is -3.03. The van der Waals surface area contributed by atoms with Crippen LogP contribution in [0.25, 0.3) is 0 Å². The predicted octanol–water partition coefficient (Wildman–Crippen LogP) is 0.952. The number of amides is 1. The Morgan fingerprint density at radius 3 is 2.65 bits per heavy atom. The Bertz CT molecular complexity index is 558. The second-order valence-corrected chi connectivity index (χ2v) is 7.82. The van der Waals surface area contributed by atoms with Gasteiger partial charge < -0.3 is 14.6 Å². The zero-order valence-corrected chi connectivity index (χ0v) is 13.0. The molecule has 1 heterocycles. The molecule has 0 unspecified atom stereocenters. The van der Waals surface area contributed by atoms with Crippen molar-refractivity contribution in [3.8, 4) is 0 Å². The molecule has 20 heavy (non-hydrogen) atoms. The minimum Gasteiger partial charge on any atom is -0.444 e. The molecule has 0 spiro atoms. The van der Waals surface area contributed by atoms with Gasteiger partial charge in [-0.3, -0.25) is 0 Å². The Morgan fingerprint density at radius 1 is 1.45 bits per heavy atom. The molecule has 0 aliphatic carbocycles. The van der Waals surface area contributed by atoms with Crippen molar-refractivity contribution in [3.05, 3.63) is 18.2 Å². The van der Waals surface area contributed by atoms with E-state index < -0.39 is 21.5 Å². The van der Waals surface area contributed by atoms with E-state index in [1.165, 1.54) is 12.6 Å². The molecule has 0 aliphatic rings. The van der Waals surface area contributed by atoms with Gasteiger partial charge in [0.1, 0.15) is 15.4 Å². The van der Waals surface area contributed by atoms with Crippen LogP contribution in [-0.2, 0) is 27.7 Å². The van der Waals surface area contributed by atoms with Crippen molar-refractivity contribution >= 4 is 15.9 Å². The number of carbonyl (C=O) groups is 1. The third kappa shape index (κ3) is 6.55. The molecule has 0 aliphatic heterocycles. The van der Waals surface area contributed by atoms with Gasteiger partial charge in [-0.1, -0.05) is 0 Å². The highest BCUT2D eigenvalue weighted by molar-refractivity contribution is 7.90. The van der Waals surface area contributed by atoms with Crippen LogP contribution in [0.3, 0.4) is 0 Å². The third-order valence-electron chi connectivity index (χ3n) is 2.31. The number of imidazole rings is 1. The Kier molecular flexibility index (Phi) is 5.15. The van der Waals surface area contributed by atoms with Crippen LogP contribution in [0, 0.1) is 0 Å². The molecule has 0 saturated carbocycles. The van der Waals surface area contributed by atoms with Crippen molar-refractivity contribution in [2.45, 2.75) is 39.5 Å². The number of ether oxygens (including phenoxy) is 1. The van der Waals surface area contributed by atoms with Gasteiger partial charge in [0.2, 0.25) is 0 Å². The molecule has 1 N–H and O–H groups in total. The third-order valence-corrected chi connectivity index (χ3v) is 3.24. The zero-order chi connectivity index (χ0) is 15.4. The lowest BCUT2D eigenvalue weighted by Gasteiger charge is -2.19. The van der Waals surface area contributed by atoms with Crippen molar-refractivity contribution in [1.82, 2.24) is 14.9 Å². The summed E-state index contributed by atoms with van der Waals surface area (Å²) in [5.74, 6) is 0.0306. The van der Waals surface area contributed by atoms with E-state index in [1.807, 2.05) is 0 Å². The highest BCUT2D eigenvalue weighted by Gasteiger charge is 2.16. The lowest BCUT2D eigenvalue weighted by molar-refractivity contribution is 0.0522. The first kappa shape index (κ1) is 16.5. The van der Waals surface area contributed by atoms with Crippen molar-refractivity contribution in [2.24, 2.45) is 0 Å². The monoisotopic (exact) mass is 303 g/mol. The number of hydrogen-bond donors (Lipinski definition) is 1. The Balaban J connectivity index is 2.53. The van der Waals surface area contributed by atoms with Crippen LogP contribution in [-0.4, -0.2) is 41.7 Å². The lowest BCUT2D eigenvalue weighted by atomic mass is 10.2. The van der Waals surface area contributed by atoms with Gasteiger partial charge >= 0.3 is 6.09 Å². The maximum absolute atomic E-state index is 11.5. The summed E-state index contributed by atoms with van der Waals surface area (Å²) in [6, 6.07) is 0. The molecule has 0 aromatic carbocycles. The predicted molar refractivity (Wildman–Crippen MR) is 75.0 cm³/mol. The molecular formula is C12H21N3O4S. The fraction of sp³-hybridized carbons (Fsp3) is 0.667. The van der Waals surface area contributed by atoms with Crippen molar-refractivity contribution < 1.29 is 17.9 Å². The van der Waals surface area contributed by atoms with E-state index in [4.69, 9.17) is 4.74 Å². The number of nitrogens with zero attached hydrogens (tertiary/aromatic N) is 2. The number of hydrogen-bond acceptors (Lipinski definition) is 5. The first-order valence-corrected chi connectivity index (χ1v) is 8.26. The number of aryl methyl sites for hydroxylation is 1. The second-order valence-electron chi connectivity index (χ2n) is 5.56. The highest BCUT2D eigenvalue weighted by atomic mass is 32.2. The van der Waals surface area contributed by atoms with Gasteiger partial charge in [0.25, 0.3) is 0 Å². The Labute approximate surface area is 119 Å². The molecule has 0 atom stereocenters. The summed E-state index contributed by atoms with van der Waals surface area (Å²) >= 11 is 0. The van der Waals surface area contributed by atoms with Gasteiger partial charge in [0.05, 0.1) is 24.3 Å². The number of carbonyl (C=O) groups excluding carboxylic acids is 1. The lowest BCUT2D eigenvalue weighted by Crippen LogP contribution is -2.32. The van der Waals surface area contributed by atoms with Gasteiger partial charge in [-0.2, -0.15) is 0 Å². The fourth-order valence-electron chi connectivity index (χ4n) is 1.44. The van der Waals surface area contributed by atoms with Gasteiger partial charge in [-0.15, -0.1) is 0 Å². The summed E-state index contributed by atoms with van der Waals surface area (Å²) in [5, 5.41) is 2.61. The van der Waals surface area contributed by atoms with Crippen LogP contribution >= 0.6 is 0 Å². The van der Waals surface area contributed by atoms with E-state index in [9.17, 15) is 13.2 Å². The molecule has 1 rings (SSSR count). The number of sulfone groups is 1. The first-order chi connectivity index (χ1) is 9.07. The summed E-state index contributed by atoms with van der Waals surface area (Å²) in [6.45, 7) is 5.89. The molecule has 7 nitrogen and oxygen atoms in total. The normalized spacial score (nSPS) is 12.2. The SMILES string of the molecule is CC(C)(C)OC(=O)NCc1cncn1CCS(C)(=O)=O. The van der Waals surface area contributed by atoms with Gasteiger partial charge in [-0.25, -0.2) is 18.2 Å². The molecule has 114 valence electrons. The number of alkyl carbamates (subject to hydrolysis) is 1. The van der Waals surface area contributed by atoms with Gasteiger partial charge in [0, 0.05) is 19.0 Å². The quantitative estimate of drug-likeness (QED) is 0.874. The summed E-state index contributed by atoms with van der Waals surface area (Å²) in [4.78, 5) is 15.5. The molecular weight excluding hydrogens is 282 g/mol. The minimum absolute atomic E-state index is 0.0306. The van der Waals surface area contributed by atoms with Crippen LogP contribution in [0.5, 0.6) is 0 Å². The van der Waals surface area contributed by atoms with Crippen LogP contribution in [0.1, 0.15) is 26.5 Å². The number of aromatic nitrogens is 2. The smallest absolute Gasteiger partial charge is 0.407 e. The van der Waals surface area contributed by atoms with E-state index in [0.29, 0.717) is 6.54 Å². The van der Waals surface area contributed by atoms with E-state index >= 15 is 0 Å². The van der Waals surface area contributed by atoms with Crippen molar-refractivity contribution in [1.29, 1.82) is 0 Å². The number of rotatable bonds is 5. The largest absolute Gasteiger partial charge is 0.444 e. The standard InChI is InChI=1S/C12H21N3O4S/c1-12(2,3)19-11(16)14-8-10-7-13-9-15(10)5-6-20(4,17)18/h7,9H,5-6,8H2,1-4H3,(H,14,16). The van der Waals surface area contributed by atoms with E-state index in [-0.39, 0.29) is 12.3 Å². The molecule has 1 amide bonds. The first-order valence-electron chi connectivity index (χ1n) is 6.20. The molecule has 8 heteroatoms. The Morgan fingerprint density at radius 2 is 2.10 bits per heavy atom. The molecule has 1 aromatic rings. The summed E-state index contributed by atoms with van der Waals surface area (Å²) in [7, 11) is -3.03. The van der Waals surface area contributed by atoms with Crippen LogP contribution < -0.4 is 5.32 Å². The number of nitrogens with one attached hydrogen (secondary N) is 1. The Hall–Kier alpha value is -1.57. The molecule has 1 aromatic heterocycles. The van der Waals surface area contributed by atoms with Crippen molar-refractivity contribution in [2.75, 3.05) is 12.0 Å². The average molecular weight is 303 g/mol. The summed E-state index contributed by atoms with van der Waals surface area (Å²) in [5.41, 5.74) is 0.167. The summed E-state index contributed by atoms with van der Waals surface area (Å²) in [6.07, 6.45) is 3.79. The molecule has 0 bridgehead atoms. The average Bonchev–Trinajstić information content (AvgIpc) is 2.67. The van der Waals surface area contributed by atoms with Gasteiger partial charge in [-0.05, 0) is 20.8 Å². The van der Waals surface area contributed by atoms with E-state index in [0.717, 1.165) is 5.69 Å². The van der Waals surface area contributed by atoms with Crippen molar-refractivity contribution in [3.63, 3.8) is 0 Å². The fourth-order valence-corrected chi connectivity index (χ4v) is 1.97. The van der Waals surface area contributed by atoms with Gasteiger partial charge in [0.15, 0.2) is 0 Å². The molecule has 0 saturated heterocycles. The molecule has 0 radical (unpaired) electrons. The van der Waals surface area contributed by atoms with Crippen LogP contribution in [0.2, 0.25) is 0 Å². The van der Waals surface area contributed by atoms with E-state index in [1.54, 1.807) is 31.5 Å². The highest BCUT2D eigenvalue weighted by Crippen LogP contribution is 2.07. The zero-order valence-electron chi connectivity index (χ0n) is 12.2. The molecule has 0 fully saturated rings.